The van der Waals surface area contributed by atoms with Crippen LogP contribution in [0.4, 0.5) is 0 Å². The molecule has 0 spiro atoms. The number of rotatable bonds is 8. The van der Waals surface area contributed by atoms with Crippen LogP contribution in [-0.2, 0) is 9.59 Å². The molecule has 3 rings (SSSR count). The van der Waals surface area contributed by atoms with Gasteiger partial charge in [0.15, 0.2) is 0 Å². The number of hydrogen-bond donors (Lipinski definition) is 1. The summed E-state index contributed by atoms with van der Waals surface area (Å²) < 4.78 is 10.9. The summed E-state index contributed by atoms with van der Waals surface area (Å²) in [6.07, 6.45) is 1.50. The second-order valence-corrected chi connectivity index (χ2v) is 7.67. The van der Waals surface area contributed by atoms with Crippen molar-refractivity contribution in [3.05, 3.63) is 58.6 Å². The number of aliphatic hydroxyl groups excluding tert-OH is 1. The zero-order valence-corrected chi connectivity index (χ0v) is 18.8. The van der Waals surface area contributed by atoms with Gasteiger partial charge in [0.2, 0.25) is 0 Å². The van der Waals surface area contributed by atoms with Gasteiger partial charge in [-0.15, -0.1) is 0 Å². The summed E-state index contributed by atoms with van der Waals surface area (Å²) in [6, 6.07) is 6.24. The predicted octanol–water partition coefficient (Wildman–Crippen LogP) is 3.67. The largest absolute Gasteiger partial charge is 0.507 e. The Bertz CT molecular complexity index is 990. The molecule has 2 heterocycles. The molecule has 7 nitrogen and oxygen atoms in total. The van der Waals surface area contributed by atoms with Crippen LogP contribution in [0.1, 0.15) is 42.3 Å². The Balaban J connectivity index is 2.10. The molecule has 1 fully saturated rings. The summed E-state index contributed by atoms with van der Waals surface area (Å²) in [5.74, 6) is -0.392. The van der Waals surface area contributed by atoms with E-state index >= 15 is 0 Å². The number of likely N-dealkylation sites (N-methyl/N-ethyl adjacent to an activating group) is 1. The number of benzene rings is 1. The van der Waals surface area contributed by atoms with Gasteiger partial charge < -0.3 is 24.1 Å². The first-order valence-corrected chi connectivity index (χ1v) is 10.5. The van der Waals surface area contributed by atoms with Crippen molar-refractivity contribution in [2.45, 2.75) is 33.7 Å². The van der Waals surface area contributed by atoms with E-state index in [1.807, 2.05) is 19.9 Å². The van der Waals surface area contributed by atoms with Gasteiger partial charge in [0.25, 0.3) is 11.7 Å². The molecule has 0 bridgehead atoms. The van der Waals surface area contributed by atoms with Crippen molar-refractivity contribution in [1.29, 1.82) is 0 Å². The maximum atomic E-state index is 13.1. The average molecular weight is 427 g/mol. The van der Waals surface area contributed by atoms with Crippen molar-refractivity contribution < 1.29 is 23.8 Å². The Morgan fingerprint density at radius 3 is 2.48 bits per heavy atom. The van der Waals surface area contributed by atoms with Gasteiger partial charge in [0, 0.05) is 18.7 Å². The quantitative estimate of drug-likeness (QED) is 0.394. The van der Waals surface area contributed by atoms with Crippen LogP contribution in [0.25, 0.3) is 5.76 Å². The summed E-state index contributed by atoms with van der Waals surface area (Å²) in [5.41, 5.74) is 2.11. The number of aryl methyl sites for hydroxylation is 2. The van der Waals surface area contributed by atoms with Gasteiger partial charge in [-0.1, -0.05) is 13.8 Å². The topological polar surface area (TPSA) is 83.2 Å². The number of Topliss-reactive ketones (excluding diaryl/α,β-unsaturated/α-hetero) is 1. The summed E-state index contributed by atoms with van der Waals surface area (Å²) in [5, 5.41) is 11.2. The molecule has 0 radical (unpaired) electrons. The fourth-order valence-corrected chi connectivity index (χ4v) is 4.05. The highest BCUT2D eigenvalue weighted by atomic mass is 16.5. The minimum atomic E-state index is -0.771. The number of carbonyl (C=O) groups is 2. The lowest BCUT2D eigenvalue weighted by molar-refractivity contribution is -0.140. The van der Waals surface area contributed by atoms with Gasteiger partial charge in [-0.3, -0.25) is 9.59 Å². The Kier molecular flexibility index (Phi) is 6.85. The van der Waals surface area contributed by atoms with Gasteiger partial charge >= 0.3 is 0 Å². The van der Waals surface area contributed by atoms with Crippen LogP contribution in [0, 0.1) is 13.8 Å². The third kappa shape index (κ3) is 4.23. The van der Waals surface area contributed by atoms with Crippen molar-refractivity contribution >= 4 is 17.4 Å². The first kappa shape index (κ1) is 22.6. The van der Waals surface area contributed by atoms with E-state index in [1.165, 1.54) is 11.2 Å². The lowest BCUT2D eigenvalue weighted by Gasteiger charge is -2.26. The highest BCUT2D eigenvalue weighted by molar-refractivity contribution is 6.46. The first-order valence-electron chi connectivity index (χ1n) is 10.5. The van der Waals surface area contributed by atoms with E-state index in [9.17, 15) is 14.7 Å². The van der Waals surface area contributed by atoms with Crippen LogP contribution in [-0.4, -0.2) is 59.9 Å². The first-order chi connectivity index (χ1) is 14.8. The Morgan fingerprint density at radius 1 is 1.19 bits per heavy atom. The van der Waals surface area contributed by atoms with Crippen molar-refractivity contribution in [1.82, 2.24) is 9.80 Å². The number of ether oxygens (including phenoxy) is 1. The smallest absolute Gasteiger partial charge is 0.295 e. The number of ketones is 1. The van der Waals surface area contributed by atoms with Crippen LogP contribution in [0.15, 0.2) is 40.5 Å². The second-order valence-electron chi connectivity index (χ2n) is 7.67. The van der Waals surface area contributed by atoms with Gasteiger partial charge in [0.05, 0.1) is 18.9 Å². The fraction of sp³-hybridized carbons (Fsp3) is 0.417. The number of methoxy groups -OCH3 is 1. The Morgan fingerprint density at radius 2 is 1.90 bits per heavy atom. The number of amides is 1. The monoisotopic (exact) mass is 426 g/mol. The van der Waals surface area contributed by atoms with Gasteiger partial charge in [-0.2, -0.15) is 0 Å². The van der Waals surface area contributed by atoms with Crippen molar-refractivity contribution in [2.75, 3.05) is 33.3 Å². The lowest BCUT2D eigenvalue weighted by atomic mass is 9.95. The van der Waals surface area contributed by atoms with E-state index in [1.54, 1.807) is 25.3 Å². The van der Waals surface area contributed by atoms with E-state index in [2.05, 4.69) is 18.7 Å². The van der Waals surface area contributed by atoms with Crippen molar-refractivity contribution in [2.24, 2.45) is 0 Å². The average Bonchev–Trinajstić information content (AvgIpc) is 3.37. The molecule has 1 amide bonds. The van der Waals surface area contributed by atoms with Gasteiger partial charge in [-0.25, -0.2) is 0 Å². The lowest BCUT2D eigenvalue weighted by Crippen LogP contribution is -2.37. The molecule has 1 atom stereocenters. The molecule has 31 heavy (non-hydrogen) atoms. The SMILES string of the molecule is CCN(CC)CCN1C(=O)C(=O)/C(=C(\O)c2cc(C)c(OC)cc2C)C1c1ccco1. The fourth-order valence-electron chi connectivity index (χ4n) is 4.05. The highest BCUT2D eigenvalue weighted by Crippen LogP contribution is 2.40. The highest BCUT2D eigenvalue weighted by Gasteiger charge is 2.47. The molecule has 1 aromatic carbocycles. The number of aliphatic hydroxyl groups is 1. The third-order valence-corrected chi connectivity index (χ3v) is 5.90. The number of furan rings is 1. The van der Waals surface area contributed by atoms with Gasteiger partial charge in [-0.05, 0) is 62.3 Å². The number of likely N-dealkylation sites (tertiary alicyclic amines) is 1. The molecule has 7 heteroatoms. The molecule has 1 N–H and O–H groups in total. The number of hydrogen-bond acceptors (Lipinski definition) is 6. The van der Waals surface area contributed by atoms with Crippen LogP contribution < -0.4 is 4.74 Å². The molecule has 0 saturated carbocycles. The van der Waals surface area contributed by atoms with E-state index < -0.39 is 17.7 Å². The van der Waals surface area contributed by atoms with Crippen molar-refractivity contribution in [3.63, 3.8) is 0 Å². The van der Waals surface area contributed by atoms with Crippen LogP contribution in [0.2, 0.25) is 0 Å². The zero-order valence-electron chi connectivity index (χ0n) is 18.8. The molecule has 1 aliphatic heterocycles. The standard InChI is InChI=1S/C24H30N2O5/c1-6-25(7-2)10-11-26-21(18-9-8-12-31-18)20(23(28)24(26)29)22(27)17-13-16(4)19(30-5)14-15(17)3/h8-9,12-14,21,27H,6-7,10-11H2,1-5H3/b22-20-. The molecular formula is C24H30N2O5. The van der Waals surface area contributed by atoms with E-state index in [-0.39, 0.29) is 11.3 Å². The molecular weight excluding hydrogens is 396 g/mol. The van der Waals surface area contributed by atoms with Crippen LogP contribution >= 0.6 is 0 Å². The van der Waals surface area contributed by atoms with E-state index in [0.29, 0.717) is 30.2 Å². The van der Waals surface area contributed by atoms with Gasteiger partial charge in [0.1, 0.15) is 23.3 Å². The molecule has 1 aromatic heterocycles. The molecule has 1 unspecified atom stereocenters. The maximum absolute atomic E-state index is 13.1. The Labute approximate surface area is 182 Å². The van der Waals surface area contributed by atoms with E-state index in [4.69, 9.17) is 9.15 Å². The minimum absolute atomic E-state index is 0.0483. The summed E-state index contributed by atoms with van der Waals surface area (Å²) in [7, 11) is 1.58. The molecule has 0 aliphatic carbocycles. The molecule has 166 valence electrons. The number of carbonyl (C=O) groups excluding carboxylic acids is 2. The third-order valence-electron chi connectivity index (χ3n) is 5.90. The normalized spacial score (nSPS) is 18.3. The number of nitrogens with zero attached hydrogens (tertiary/aromatic N) is 2. The molecule has 1 saturated heterocycles. The molecule has 1 aliphatic rings. The van der Waals surface area contributed by atoms with Crippen LogP contribution in [0.3, 0.4) is 0 Å². The minimum Gasteiger partial charge on any atom is -0.507 e. The van der Waals surface area contributed by atoms with Crippen LogP contribution in [0.5, 0.6) is 5.75 Å². The van der Waals surface area contributed by atoms with Crippen molar-refractivity contribution in [3.8, 4) is 5.75 Å². The van der Waals surface area contributed by atoms with E-state index in [0.717, 1.165) is 24.2 Å². The second kappa shape index (κ2) is 9.39. The zero-order chi connectivity index (χ0) is 22.7. The summed E-state index contributed by atoms with van der Waals surface area (Å²) >= 11 is 0. The predicted molar refractivity (Wildman–Crippen MR) is 118 cm³/mol. The summed E-state index contributed by atoms with van der Waals surface area (Å²) in [6.45, 7) is 10.5. The maximum Gasteiger partial charge on any atom is 0.295 e. The Hall–Kier alpha value is -3.06. The summed E-state index contributed by atoms with van der Waals surface area (Å²) in [4.78, 5) is 29.7. The molecule has 2 aromatic rings.